The van der Waals surface area contributed by atoms with Crippen molar-refractivity contribution >= 4 is 29.2 Å². The first kappa shape index (κ1) is 24.7. The zero-order valence-electron chi connectivity index (χ0n) is 16.2. The number of aromatic nitrogens is 2. The zero-order chi connectivity index (χ0) is 21.6. The van der Waals surface area contributed by atoms with Gasteiger partial charge in [-0.25, -0.2) is 4.98 Å². The number of ether oxygens (including phenoxy) is 1. The molecule has 0 aliphatic carbocycles. The molecule has 0 saturated carbocycles. The van der Waals surface area contributed by atoms with Crippen LogP contribution >= 0.6 is 23.2 Å². The van der Waals surface area contributed by atoms with Crippen molar-refractivity contribution in [1.82, 2.24) is 9.55 Å². The van der Waals surface area contributed by atoms with Crippen molar-refractivity contribution in [2.24, 2.45) is 0 Å². The number of rotatable bonds is 10. The maximum Gasteiger partial charge on any atom is 0.306 e. The summed E-state index contributed by atoms with van der Waals surface area (Å²) in [5, 5.41) is 14.7. The smallest absolute Gasteiger partial charge is 0.306 e. The highest BCUT2D eigenvalue weighted by Crippen LogP contribution is 2.30. The van der Waals surface area contributed by atoms with Gasteiger partial charge in [-0.05, 0) is 18.6 Å². The van der Waals surface area contributed by atoms with Crippen molar-refractivity contribution in [3.8, 4) is 0 Å². The van der Waals surface area contributed by atoms with Crippen LogP contribution in [0.4, 0.5) is 0 Å². The molecule has 0 fully saturated rings. The molecule has 10 heteroatoms. The topological polar surface area (TPSA) is 107 Å². The van der Waals surface area contributed by atoms with Gasteiger partial charge in [0, 0.05) is 34.4 Å². The van der Waals surface area contributed by atoms with E-state index in [1.807, 2.05) is 10.8 Å². The predicted molar refractivity (Wildman–Crippen MR) is 110 cm³/mol. The molecule has 0 aliphatic heterocycles. The van der Waals surface area contributed by atoms with E-state index in [1.54, 1.807) is 30.7 Å². The first-order valence-corrected chi connectivity index (χ1v) is 10.0. The molecule has 0 saturated heterocycles. The second-order valence-electron chi connectivity index (χ2n) is 6.31. The summed E-state index contributed by atoms with van der Waals surface area (Å²) in [7, 11) is 0. The standard InChI is InChI=1S/C19H24Cl2N2O2.HNO3/c1-2-3-4-5-6-7-19(24)25-18(13-23-11-10-22-14-23)16-9-8-15(20)12-17(16)21;2-1(3)4/h8-12,14,18H,2-7,13H2,1H3;(H,2,3,4). The normalized spacial score (nSPS) is 11.3. The number of benzene rings is 1. The van der Waals surface area contributed by atoms with Crippen molar-refractivity contribution < 1.29 is 19.8 Å². The molecule has 1 atom stereocenters. The maximum absolute atomic E-state index is 12.2. The van der Waals surface area contributed by atoms with Gasteiger partial charge in [0.15, 0.2) is 0 Å². The fraction of sp³-hybridized carbons (Fsp3) is 0.474. The Balaban J connectivity index is 0.000000960. The van der Waals surface area contributed by atoms with Gasteiger partial charge in [-0.1, -0.05) is 61.9 Å². The summed E-state index contributed by atoms with van der Waals surface area (Å²) in [6.45, 7) is 2.63. The average Bonchev–Trinajstić information content (AvgIpc) is 3.14. The molecule has 2 rings (SSSR count). The summed E-state index contributed by atoms with van der Waals surface area (Å²) in [6, 6.07) is 5.22. The minimum absolute atomic E-state index is 0.201. The molecule has 160 valence electrons. The Kier molecular flexibility index (Phi) is 11.8. The third-order valence-corrected chi connectivity index (χ3v) is 4.57. The van der Waals surface area contributed by atoms with E-state index in [9.17, 15) is 4.79 Å². The molecule has 0 radical (unpaired) electrons. The Hall–Kier alpha value is -2.32. The van der Waals surface area contributed by atoms with Crippen LogP contribution in [0.5, 0.6) is 0 Å². The van der Waals surface area contributed by atoms with Gasteiger partial charge in [0.25, 0.3) is 5.09 Å². The van der Waals surface area contributed by atoms with Crippen LogP contribution in [0.2, 0.25) is 10.0 Å². The molecule has 0 spiro atoms. The largest absolute Gasteiger partial charge is 0.455 e. The number of unbranched alkanes of at least 4 members (excludes halogenated alkanes) is 4. The first-order valence-electron chi connectivity index (χ1n) is 9.27. The molecule has 1 aromatic heterocycles. The van der Waals surface area contributed by atoms with E-state index in [1.165, 1.54) is 12.8 Å². The summed E-state index contributed by atoms with van der Waals surface area (Å²) in [5.41, 5.74) is 0.749. The minimum atomic E-state index is -1.50. The molecule has 2 aromatic rings. The monoisotopic (exact) mass is 445 g/mol. The number of hydrogen-bond donors (Lipinski definition) is 1. The van der Waals surface area contributed by atoms with Gasteiger partial charge in [-0.15, -0.1) is 10.1 Å². The predicted octanol–water partition coefficient (Wildman–Crippen LogP) is 5.49. The molecule has 1 N–H and O–H groups in total. The van der Waals surface area contributed by atoms with E-state index < -0.39 is 11.2 Å². The number of halogens is 2. The molecule has 0 amide bonds. The van der Waals surface area contributed by atoms with E-state index in [4.69, 9.17) is 43.3 Å². The van der Waals surface area contributed by atoms with E-state index in [0.29, 0.717) is 23.0 Å². The SMILES string of the molecule is CCCCCCCC(=O)OC(Cn1ccnc1)c1ccc(Cl)cc1Cl.O=[N+]([O-])O. The number of carbonyl (C=O) groups excluding carboxylic acids is 1. The number of esters is 1. The van der Waals surface area contributed by atoms with Crippen LogP contribution in [-0.4, -0.2) is 25.8 Å². The fourth-order valence-corrected chi connectivity index (χ4v) is 3.17. The van der Waals surface area contributed by atoms with E-state index in [-0.39, 0.29) is 5.97 Å². The number of carbonyl (C=O) groups is 1. The third kappa shape index (κ3) is 10.7. The third-order valence-electron chi connectivity index (χ3n) is 4.00. The summed E-state index contributed by atoms with van der Waals surface area (Å²) in [6.07, 6.45) is 10.6. The Morgan fingerprint density at radius 1 is 1.31 bits per heavy atom. The number of imidazole rings is 1. The van der Waals surface area contributed by atoms with Crippen LogP contribution < -0.4 is 0 Å². The summed E-state index contributed by atoms with van der Waals surface area (Å²) >= 11 is 12.3. The maximum atomic E-state index is 12.2. The molecule has 0 bridgehead atoms. The Morgan fingerprint density at radius 3 is 2.59 bits per heavy atom. The van der Waals surface area contributed by atoms with Gasteiger partial charge in [-0.3, -0.25) is 4.79 Å². The lowest BCUT2D eigenvalue weighted by atomic mass is 10.1. The fourth-order valence-electron chi connectivity index (χ4n) is 2.64. The van der Waals surface area contributed by atoms with E-state index in [0.717, 1.165) is 24.8 Å². The van der Waals surface area contributed by atoms with Crippen molar-refractivity contribution in [2.75, 3.05) is 0 Å². The van der Waals surface area contributed by atoms with Gasteiger partial charge in [0.05, 0.1) is 12.9 Å². The van der Waals surface area contributed by atoms with Crippen molar-refractivity contribution in [2.45, 2.75) is 58.1 Å². The summed E-state index contributed by atoms with van der Waals surface area (Å²) in [5.74, 6) is -0.201. The molecule has 1 aromatic carbocycles. The minimum Gasteiger partial charge on any atom is -0.455 e. The highest BCUT2D eigenvalue weighted by atomic mass is 35.5. The van der Waals surface area contributed by atoms with Crippen LogP contribution in [0.15, 0.2) is 36.9 Å². The lowest BCUT2D eigenvalue weighted by Gasteiger charge is -2.20. The van der Waals surface area contributed by atoms with Crippen molar-refractivity contribution in [1.29, 1.82) is 0 Å². The van der Waals surface area contributed by atoms with Crippen LogP contribution in [-0.2, 0) is 16.1 Å². The Labute approximate surface area is 179 Å². The Bertz CT molecular complexity index is 752. The lowest BCUT2D eigenvalue weighted by molar-refractivity contribution is -0.742. The van der Waals surface area contributed by atoms with E-state index >= 15 is 0 Å². The summed E-state index contributed by atoms with van der Waals surface area (Å²) in [4.78, 5) is 24.6. The van der Waals surface area contributed by atoms with Crippen LogP contribution in [0.25, 0.3) is 0 Å². The van der Waals surface area contributed by atoms with Crippen LogP contribution in [0.3, 0.4) is 0 Å². The molecule has 29 heavy (non-hydrogen) atoms. The molecule has 1 heterocycles. The quantitative estimate of drug-likeness (QED) is 0.224. The number of hydrogen-bond acceptors (Lipinski definition) is 5. The molecular weight excluding hydrogens is 421 g/mol. The molecule has 1 unspecified atom stereocenters. The van der Waals surface area contributed by atoms with Gasteiger partial charge >= 0.3 is 5.97 Å². The van der Waals surface area contributed by atoms with Gasteiger partial charge in [0.2, 0.25) is 0 Å². The highest BCUT2D eigenvalue weighted by Gasteiger charge is 2.20. The van der Waals surface area contributed by atoms with Crippen LogP contribution in [0, 0.1) is 10.1 Å². The van der Waals surface area contributed by atoms with Crippen molar-refractivity contribution in [3.05, 3.63) is 62.6 Å². The highest BCUT2D eigenvalue weighted by molar-refractivity contribution is 6.35. The van der Waals surface area contributed by atoms with E-state index in [2.05, 4.69) is 11.9 Å². The van der Waals surface area contributed by atoms with Gasteiger partial charge in [0.1, 0.15) is 6.10 Å². The van der Waals surface area contributed by atoms with Crippen molar-refractivity contribution in [3.63, 3.8) is 0 Å². The first-order chi connectivity index (χ1) is 13.8. The molecule has 8 nitrogen and oxygen atoms in total. The van der Waals surface area contributed by atoms with Gasteiger partial charge in [-0.2, -0.15) is 0 Å². The Morgan fingerprint density at radius 2 is 2.00 bits per heavy atom. The molecule has 0 aliphatic rings. The second-order valence-corrected chi connectivity index (χ2v) is 7.15. The number of nitrogens with zero attached hydrogens (tertiary/aromatic N) is 3. The average molecular weight is 446 g/mol. The van der Waals surface area contributed by atoms with Crippen LogP contribution in [0.1, 0.15) is 57.1 Å². The summed E-state index contributed by atoms with van der Waals surface area (Å²) < 4.78 is 7.59. The zero-order valence-corrected chi connectivity index (χ0v) is 17.7. The van der Waals surface area contributed by atoms with Gasteiger partial charge < -0.3 is 14.5 Å². The second kappa shape index (κ2) is 13.8. The lowest BCUT2D eigenvalue weighted by Crippen LogP contribution is -2.16. The molecular formula is C19H25Cl2N3O5.